The fraction of sp³-hybridized carbons (Fsp3) is 0.100. The molecule has 7 nitrogen and oxygen atoms in total. The summed E-state index contributed by atoms with van der Waals surface area (Å²) in [7, 11) is 0. The van der Waals surface area contributed by atoms with Crippen LogP contribution in [0.1, 0.15) is 13.0 Å². The van der Waals surface area contributed by atoms with Crippen molar-refractivity contribution in [3.05, 3.63) is 73.4 Å². The molecule has 0 spiro atoms. The van der Waals surface area contributed by atoms with Gasteiger partial charge in [-0.15, -0.1) is 0 Å². The van der Waals surface area contributed by atoms with E-state index >= 15 is 0 Å². The van der Waals surface area contributed by atoms with E-state index in [9.17, 15) is 4.79 Å². The SMILES string of the molecule is C[C@H](C(N)=O)n1cnc(-c2ccccc2)c1-c1cccn1-c1ncccn1. The molecule has 0 fully saturated rings. The summed E-state index contributed by atoms with van der Waals surface area (Å²) < 4.78 is 3.66. The number of carbonyl (C=O) groups is 1. The first-order valence-corrected chi connectivity index (χ1v) is 8.53. The van der Waals surface area contributed by atoms with Crippen LogP contribution in [-0.2, 0) is 4.79 Å². The Balaban J connectivity index is 1.96. The number of imidazole rings is 1. The second-order valence-electron chi connectivity index (χ2n) is 6.11. The van der Waals surface area contributed by atoms with Crippen LogP contribution in [-0.4, -0.2) is 30.0 Å². The van der Waals surface area contributed by atoms with Gasteiger partial charge in [0.25, 0.3) is 0 Å². The highest BCUT2D eigenvalue weighted by atomic mass is 16.1. The minimum atomic E-state index is -0.551. The Bertz CT molecular complexity index is 1070. The van der Waals surface area contributed by atoms with Gasteiger partial charge in [-0.2, -0.15) is 0 Å². The lowest BCUT2D eigenvalue weighted by Crippen LogP contribution is -2.24. The molecule has 3 heterocycles. The van der Waals surface area contributed by atoms with E-state index in [-0.39, 0.29) is 0 Å². The van der Waals surface area contributed by atoms with E-state index in [1.165, 1.54) is 0 Å². The summed E-state index contributed by atoms with van der Waals surface area (Å²) in [5.41, 5.74) is 8.89. The maximum atomic E-state index is 11.9. The van der Waals surface area contributed by atoms with Crippen molar-refractivity contribution in [1.29, 1.82) is 0 Å². The van der Waals surface area contributed by atoms with Gasteiger partial charge in [0.05, 0.1) is 23.4 Å². The van der Waals surface area contributed by atoms with Gasteiger partial charge in [0.2, 0.25) is 11.9 Å². The van der Waals surface area contributed by atoms with Gasteiger partial charge in [0, 0.05) is 24.2 Å². The molecular formula is C20H18N6O. The van der Waals surface area contributed by atoms with Crippen LogP contribution in [0.2, 0.25) is 0 Å². The fourth-order valence-corrected chi connectivity index (χ4v) is 3.02. The lowest BCUT2D eigenvalue weighted by atomic mass is 10.1. The Kier molecular flexibility index (Phi) is 4.25. The van der Waals surface area contributed by atoms with Crippen molar-refractivity contribution < 1.29 is 4.79 Å². The average molecular weight is 358 g/mol. The minimum Gasteiger partial charge on any atom is -0.368 e. The lowest BCUT2D eigenvalue weighted by Gasteiger charge is -2.16. The summed E-state index contributed by atoms with van der Waals surface area (Å²) in [6.45, 7) is 1.76. The molecule has 0 saturated carbocycles. The molecular weight excluding hydrogens is 340 g/mol. The number of amides is 1. The highest BCUT2D eigenvalue weighted by Crippen LogP contribution is 2.34. The largest absolute Gasteiger partial charge is 0.368 e. The number of aromatic nitrogens is 5. The summed E-state index contributed by atoms with van der Waals surface area (Å²) in [5.74, 6) is 0.110. The third-order valence-corrected chi connectivity index (χ3v) is 4.43. The van der Waals surface area contributed by atoms with Crippen molar-refractivity contribution in [3.8, 4) is 28.6 Å². The Morgan fingerprint density at radius 2 is 1.74 bits per heavy atom. The summed E-state index contributed by atoms with van der Waals surface area (Å²) in [4.78, 5) is 25.1. The first-order valence-electron chi connectivity index (χ1n) is 8.53. The third kappa shape index (κ3) is 2.99. The van der Waals surface area contributed by atoms with Gasteiger partial charge in [-0.3, -0.25) is 9.36 Å². The van der Waals surface area contributed by atoms with Crippen LogP contribution >= 0.6 is 0 Å². The van der Waals surface area contributed by atoms with Crippen molar-refractivity contribution in [2.75, 3.05) is 0 Å². The average Bonchev–Trinajstić information content (AvgIpc) is 3.35. The van der Waals surface area contributed by atoms with Crippen LogP contribution in [0.5, 0.6) is 0 Å². The molecule has 4 aromatic rings. The van der Waals surface area contributed by atoms with E-state index in [2.05, 4.69) is 15.0 Å². The number of primary amides is 1. The molecule has 7 heteroatoms. The Hall–Kier alpha value is -3.74. The smallest absolute Gasteiger partial charge is 0.240 e. The molecule has 0 radical (unpaired) electrons. The molecule has 1 amide bonds. The van der Waals surface area contributed by atoms with Crippen LogP contribution in [0.15, 0.2) is 73.4 Å². The normalized spacial score (nSPS) is 12.0. The van der Waals surface area contributed by atoms with Gasteiger partial charge in [0.1, 0.15) is 6.04 Å². The number of hydrogen-bond donors (Lipinski definition) is 1. The molecule has 0 aliphatic carbocycles. The molecule has 27 heavy (non-hydrogen) atoms. The molecule has 3 aromatic heterocycles. The van der Waals surface area contributed by atoms with Crippen LogP contribution in [0.3, 0.4) is 0 Å². The van der Waals surface area contributed by atoms with E-state index in [1.54, 1.807) is 36.3 Å². The molecule has 0 aliphatic rings. The van der Waals surface area contributed by atoms with E-state index in [0.29, 0.717) is 5.95 Å². The summed E-state index contributed by atoms with van der Waals surface area (Å²) in [6.07, 6.45) is 6.91. The maximum absolute atomic E-state index is 11.9. The van der Waals surface area contributed by atoms with Gasteiger partial charge in [-0.1, -0.05) is 30.3 Å². The zero-order chi connectivity index (χ0) is 18.8. The highest BCUT2D eigenvalue weighted by molar-refractivity contribution is 5.82. The second-order valence-corrected chi connectivity index (χ2v) is 6.11. The van der Waals surface area contributed by atoms with Gasteiger partial charge >= 0.3 is 0 Å². The van der Waals surface area contributed by atoms with E-state index < -0.39 is 11.9 Å². The van der Waals surface area contributed by atoms with E-state index in [0.717, 1.165) is 22.6 Å². The Morgan fingerprint density at radius 1 is 1.00 bits per heavy atom. The summed E-state index contributed by atoms with van der Waals surface area (Å²) in [6, 6.07) is 14.9. The molecule has 0 aliphatic heterocycles. The number of nitrogens with two attached hydrogens (primary N) is 1. The predicted octanol–water partition coefficient (Wildman–Crippen LogP) is 2.84. The van der Waals surface area contributed by atoms with Gasteiger partial charge in [-0.25, -0.2) is 15.0 Å². The van der Waals surface area contributed by atoms with Gasteiger partial charge in [0.15, 0.2) is 0 Å². The van der Waals surface area contributed by atoms with E-state index in [4.69, 9.17) is 5.73 Å². The first kappa shape index (κ1) is 16.7. The Labute approximate surface area is 156 Å². The van der Waals surface area contributed by atoms with Crippen LogP contribution in [0.4, 0.5) is 0 Å². The quantitative estimate of drug-likeness (QED) is 0.594. The zero-order valence-corrected chi connectivity index (χ0v) is 14.7. The first-order chi connectivity index (χ1) is 13.2. The molecule has 134 valence electrons. The van der Waals surface area contributed by atoms with Gasteiger partial charge < -0.3 is 10.3 Å². The van der Waals surface area contributed by atoms with E-state index in [1.807, 2.05) is 53.2 Å². The number of rotatable bonds is 5. The fourth-order valence-electron chi connectivity index (χ4n) is 3.02. The number of benzene rings is 1. The number of carbonyl (C=O) groups excluding carboxylic acids is 1. The monoisotopic (exact) mass is 358 g/mol. The van der Waals surface area contributed by atoms with Crippen LogP contribution in [0.25, 0.3) is 28.6 Å². The molecule has 2 N–H and O–H groups in total. The minimum absolute atomic E-state index is 0.428. The second kappa shape index (κ2) is 6.87. The molecule has 0 saturated heterocycles. The number of nitrogens with zero attached hydrogens (tertiary/aromatic N) is 5. The maximum Gasteiger partial charge on any atom is 0.240 e. The van der Waals surface area contributed by atoms with Crippen molar-refractivity contribution in [3.63, 3.8) is 0 Å². The Morgan fingerprint density at radius 3 is 2.44 bits per heavy atom. The third-order valence-electron chi connectivity index (χ3n) is 4.43. The topological polar surface area (TPSA) is 91.6 Å². The van der Waals surface area contributed by atoms with Crippen LogP contribution < -0.4 is 5.73 Å². The van der Waals surface area contributed by atoms with Crippen molar-refractivity contribution in [1.82, 2.24) is 24.1 Å². The molecule has 1 atom stereocenters. The predicted molar refractivity (Wildman–Crippen MR) is 102 cm³/mol. The summed E-state index contributed by atoms with van der Waals surface area (Å²) in [5, 5.41) is 0. The highest BCUT2D eigenvalue weighted by Gasteiger charge is 2.23. The molecule has 4 rings (SSSR count). The standard InChI is InChI=1S/C20H18N6O/c1-14(19(21)27)26-13-24-17(15-7-3-2-4-8-15)18(26)16-9-5-12-25(16)20-22-10-6-11-23-20/h2-14H,1H3,(H2,21,27)/t14-/m1/s1. The molecule has 0 bridgehead atoms. The van der Waals surface area contributed by atoms with Crippen molar-refractivity contribution >= 4 is 5.91 Å². The molecule has 1 aromatic carbocycles. The molecule has 0 unspecified atom stereocenters. The van der Waals surface area contributed by atoms with Gasteiger partial charge in [-0.05, 0) is 25.1 Å². The number of hydrogen-bond acceptors (Lipinski definition) is 4. The van der Waals surface area contributed by atoms with Crippen molar-refractivity contribution in [2.24, 2.45) is 5.73 Å². The lowest BCUT2D eigenvalue weighted by molar-refractivity contribution is -0.120. The summed E-state index contributed by atoms with van der Waals surface area (Å²) >= 11 is 0. The zero-order valence-electron chi connectivity index (χ0n) is 14.7. The van der Waals surface area contributed by atoms with Crippen LogP contribution in [0, 0.1) is 0 Å². The van der Waals surface area contributed by atoms with Crippen molar-refractivity contribution in [2.45, 2.75) is 13.0 Å².